The Morgan fingerprint density at radius 3 is 2.38 bits per heavy atom. The molecule has 0 spiro atoms. The van der Waals surface area contributed by atoms with Gasteiger partial charge in [-0.2, -0.15) is 0 Å². The van der Waals surface area contributed by atoms with Crippen molar-refractivity contribution in [1.82, 2.24) is 0 Å². The minimum absolute atomic E-state index is 0.125. The van der Waals surface area contributed by atoms with E-state index in [2.05, 4.69) is 0 Å². The molecule has 5 heteroatoms. The van der Waals surface area contributed by atoms with Crippen LogP contribution in [0.3, 0.4) is 0 Å². The largest absolute Gasteiger partial charge is 0.768 e. The Morgan fingerprint density at radius 1 is 1.46 bits per heavy atom. The number of hydrogen-bond donors (Lipinski definition) is 2. The lowest BCUT2D eigenvalue weighted by Crippen LogP contribution is -2.11. The molecule has 4 nitrogen and oxygen atoms in total. The fraction of sp³-hybridized carbons (Fsp3) is 0.250. The summed E-state index contributed by atoms with van der Waals surface area (Å²) in [6.07, 6.45) is -0.728. The maximum absolute atomic E-state index is 10.5. The van der Waals surface area contributed by atoms with E-state index in [1.807, 2.05) is 0 Å². The predicted molar refractivity (Wildman–Crippen MR) is 47.6 cm³/mol. The van der Waals surface area contributed by atoms with Gasteiger partial charge in [-0.25, -0.2) is 0 Å². The Balaban J connectivity index is 2.87. The Kier molecular flexibility index (Phi) is 3.56. The maximum atomic E-state index is 10.5. The Bertz CT molecular complexity index is 299. The van der Waals surface area contributed by atoms with Gasteiger partial charge in [-0.15, -0.1) is 0 Å². The normalized spacial score (nSPS) is 15.3. The van der Waals surface area contributed by atoms with Crippen molar-refractivity contribution in [1.29, 1.82) is 0 Å². The van der Waals surface area contributed by atoms with Crippen molar-refractivity contribution in [3.63, 3.8) is 0 Å². The molecule has 0 aliphatic heterocycles. The summed E-state index contributed by atoms with van der Waals surface area (Å²) in [5.74, 6) is 0. The third-order valence-corrected chi connectivity index (χ3v) is 2.34. The van der Waals surface area contributed by atoms with Crippen LogP contribution in [0.15, 0.2) is 29.2 Å². The lowest BCUT2D eigenvalue weighted by molar-refractivity contribution is 0.186. The highest BCUT2D eigenvalue weighted by molar-refractivity contribution is 7.79. The zero-order valence-corrected chi connectivity index (χ0v) is 7.66. The molecule has 0 fully saturated rings. The summed E-state index contributed by atoms with van der Waals surface area (Å²) in [5.41, 5.74) is 5.85. The lowest BCUT2D eigenvalue weighted by Gasteiger charge is -2.09. The van der Waals surface area contributed by atoms with Crippen LogP contribution in [0.25, 0.3) is 0 Å². The summed E-state index contributed by atoms with van der Waals surface area (Å²) < 4.78 is 20.9. The van der Waals surface area contributed by atoms with E-state index in [0.717, 1.165) is 0 Å². The van der Waals surface area contributed by atoms with Crippen molar-refractivity contribution in [2.24, 2.45) is 5.73 Å². The van der Waals surface area contributed by atoms with E-state index in [-0.39, 0.29) is 11.4 Å². The summed E-state index contributed by atoms with van der Waals surface area (Å²) in [5, 5.41) is 9.28. The molecule has 0 saturated carbocycles. The van der Waals surface area contributed by atoms with Crippen LogP contribution in [0.5, 0.6) is 0 Å². The van der Waals surface area contributed by atoms with Crippen LogP contribution in [0.2, 0.25) is 0 Å². The van der Waals surface area contributed by atoms with E-state index in [4.69, 9.17) is 5.73 Å². The molecule has 0 radical (unpaired) electrons. The first-order valence-corrected chi connectivity index (χ1v) is 4.80. The summed E-state index contributed by atoms with van der Waals surface area (Å²) in [4.78, 5) is 0.202. The van der Waals surface area contributed by atoms with Crippen LogP contribution in [0.1, 0.15) is 11.7 Å². The Hall–Kier alpha value is -0.750. The first kappa shape index (κ1) is 10.3. The number of aliphatic hydroxyl groups excluding tert-OH is 1. The van der Waals surface area contributed by atoms with Crippen LogP contribution in [0.4, 0.5) is 0 Å². The average Bonchev–Trinajstić information content (AvgIpc) is 2.17. The molecular formula is C8H10NO3S-. The number of rotatable bonds is 3. The van der Waals surface area contributed by atoms with Gasteiger partial charge in [-0.05, 0) is 28.8 Å². The van der Waals surface area contributed by atoms with Gasteiger partial charge < -0.3 is 15.4 Å². The first-order valence-electron chi connectivity index (χ1n) is 3.72. The van der Waals surface area contributed by atoms with Crippen LogP contribution >= 0.6 is 0 Å². The zero-order valence-electron chi connectivity index (χ0n) is 6.84. The third-order valence-electron chi connectivity index (χ3n) is 1.68. The first-order chi connectivity index (χ1) is 6.15. The molecular weight excluding hydrogens is 190 g/mol. The number of aliphatic hydroxyl groups is 1. The van der Waals surface area contributed by atoms with E-state index in [1.165, 1.54) is 12.1 Å². The fourth-order valence-electron chi connectivity index (χ4n) is 0.937. The smallest absolute Gasteiger partial charge is 0.0912 e. The van der Waals surface area contributed by atoms with Gasteiger partial charge in [-0.3, -0.25) is 4.21 Å². The second-order valence-corrected chi connectivity index (χ2v) is 3.50. The molecule has 0 bridgehead atoms. The predicted octanol–water partition coefficient (Wildman–Crippen LogP) is -0.0833. The summed E-state index contributed by atoms with van der Waals surface area (Å²) in [7, 11) is 0. The highest BCUT2D eigenvalue weighted by Crippen LogP contribution is 2.13. The van der Waals surface area contributed by atoms with Crippen LogP contribution in [-0.2, 0) is 11.1 Å². The molecule has 3 N–H and O–H groups in total. The zero-order chi connectivity index (χ0) is 9.84. The Labute approximate surface area is 78.7 Å². The van der Waals surface area contributed by atoms with Gasteiger partial charge in [0, 0.05) is 11.4 Å². The highest BCUT2D eigenvalue weighted by Gasteiger charge is 2.03. The van der Waals surface area contributed by atoms with E-state index >= 15 is 0 Å². The molecule has 0 amide bonds. The average molecular weight is 200 g/mol. The third kappa shape index (κ3) is 2.60. The molecule has 2 unspecified atom stereocenters. The van der Waals surface area contributed by atoms with E-state index < -0.39 is 17.2 Å². The molecule has 1 rings (SSSR count). The lowest BCUT2D eigenvalue weighted by atomic mass is 10.1. The monoisotopic (exact) mass is 200 g/mol. The van der Waals surface area contributed by atoms with Crippen molar-refractivity contribution in [2.45, 2.75) is 11.0 Å². The van der Waals surface area contributed by atoms with Crippen LogP contribution in [-0.4, -0.2) is 20.4 Å². The van der Waals surface area contributed by atoms with E-state index in [0.29, 0.717) is 5.56 Å². The maximum Gasteiger partial charge on any atom is 0.0912 e. The van der Waals surface area contributed by atoms with Gasteiger partial charge in [-0.1, -0.05) is 12.1 Å². The molecule has 0 aliphatic rings. The van der Waals surface area contributed by atoms with Crippen molar-refractivity contribution in [3.05, 3.63) is 29.8 Å². The van der Waals surface area contributed by atoms with Gasteiger partial charge in [0.1, 0.15) is 0 Å². The molecule has 72 valence electrons. The summed E-state index contributed by atoms with van der Waals surface area (Å²) in [6.45, 7) is 0.125. The molecule has 1 aromatic rings. The quantitative estimate of drug-likeness (QED) is 0.668. The fourth-order valence-corrected chi connectivity index (χ4v) is 1.30. The van der Waals surface area contributed by atoms with Crippen molar-refractivity contribution >= 4 is 11.1 Å². The van der Waals surface area contributed by atoms with Gasteiger partial charge in [0.25, 0.3) is 0 Å². The van der Waals surface area contributed by atoms with Crippen LogP contribution in [0, 0.1) is 0 Å². The van der Waals surface area contributed by atoms with Gasteiger partial charge in [0.05, 0.1) is 6.10 Å². The van der Waals surface area contributed by atoms with Crippen molar-refractivity contribution in [2.75, 3.05) is 6.54 Å². The minimum atomic E-state index is -2.22. The molecule has 0 heterocycles. The standard InChI is InChI=1S/C8H11NO3S/c9-5-8(10)6-1-3-7(4-2-6)13(11)12/h1-4,8,10H,5,9H2,(H,11,12)/p-1. The topological polar surface area (TPSA) is 86.4 Å². The molecule has 0 aliphatic carbocycles. The number of benzene rings is 1. The van der Waals surface area contributed by atoms with Gasteiger partial charge in [0.15, 0.2) is 0 Å². The molecule has 13 heavy (non-hydrogen) atoms. The summed E-state index contributed by atoms with van der Waals surface area (Å²) >= 11 is -2.22. The SMILES string of the molecule is NCC(O)c1ccc(S(=O)[O-])cc1. The van der Waals surface area contributed by atoms with Crippen molar-refractivity contribution in [3.8, 4) is 0 Å². The molecule has 2 atom stereocenters. The van der Waals surface area contributed by atoms with Crippen molar-refractivity contribution < 1.29 is 13.9 Å². The van der Waals surface area contributed by atoms with Gasteiger partial charge >= 0.3 is 0 Å². The number of nitrogens with two attached hydrogens (primary N) is 1. The summed E-state index contributed by atoms with van der Waals surface area (Å²) in [6, 6.07) is 5.94. The second-order valence-electron chi connectivity index (χ2n) is 2.56. The van der Waals surface area contributed by atoms with Gasteiger partial charge in [0.2, 0.25) is 0 Å². The van der Waals surface area contributed by atoms with E-state index in [9.17, 15) is 13.9 Å². The molecule has 1 aromatic carbocycles. The van der Waals surface area contributed by atoms with E-state index in [1.54, 1.807) is 12.1 Å². The minimum Gasteiger partial charge on any atom is -0.768 e. The molecule has 0 saturated heterocycles. The molecule has 0 aromatic heterocycles. The second kappa shape index (κ2) is 4.48. The Morgan fingerprint density at radius 2 is 2.00 bits per heavy atom. The van der Waals surface area contributed by atoms with Crippen LogP contribution < -0.4 is 5.73 Å². The highest BCUT2D eigenvalue weighted by atomic mass is 32.2. The number of hydrogen-bond acceptors (Lipinski definition) is 4.